The Balaban J connectivity index is 1.76. The Morgan fingerprint density at radius 2 is 1.84 bits per heavy atom. The molecule has 4 heteroatoms. The first-order valence-corrected chi connectivity index (χ1v) is 9.22. The van der Waals surface area contributed by atoms with Crippen LogP contribution in [0.2, 0.25) is 0 Å². The van der Waals surface area contributed by atoms with Crippen LogP contribution >= 0.6 is 11.3 Å². The quantitative estimate of drug-likeness (QED) is 0.694. The summed E-state index contributed by atoms with van der Waals surface area (Å²) in [6, 6.07) is 19.7. The molecule has 1 amide bonds. The Morgan fingerprint density at radius 3 is 2.56 bits per heavy atom. The zero-order valence-electron chi connectivity index (χ0n) is 14.0. The van der Waals surface area contributed by atoms with E-state index in [0.717, 1.165) is 29.8 Å². The molecule has 2 aromatic carbocycles. The van der Waals surface area contributed by atoms with Gasteiger partial charge < -0.3 is 9.64 Å². The predicted molar refractivity (Wildman–Crippen MR) is 100 cm³/mol. The molecule has 0 spiro atoms. The summed E-state index contributed by atoms with van der Waals surface area (Å²) in [7, 11) is 1.66. The topological polar surface area (TPSA) is 29.5 Å². The van der Waals surface area contributed by atoms with Gasteiger partial charge in [-0.1, -0.05) is 30.3 Å². The molecule has 3 aromatic rings. The van der Waals surface area contributed by atoms with Crippen molar-refractivity contribution >= 4 is 17.2 Å². The van der Waals surface area contributed by atoms with Crippen molar-refractivity contribution in [1.82, 2.24) is 4.90 Å². The SMILES string of the molecule is COc1ccc(C2c3ccsc3CCN2C(=O)c2ccccc2)cc1. The molecule has 1 aromatic heterocycles. The number of fused-ring (bicyclic) bond motifs is 1. The molecule has 0 N–H and O–H groups in total. The lowest BCUT2D eigenvalue weighted by Crippen LogP contribution is -2.40. The van der Waals surface area contributed by atoms with Crippen molar-refractivity contribution in [3.05, 3.63) is 87.6 Å². The number of thiophene rings is 1. The molecular weight excluding hydrogens is 330 g/mol. The van der Waals surface area contributed by atoms with E-state index in [1.165, 1.54) is 10.4 Å². The number of hydrogen-bond acceptors (Lipinski definition) is 3. The highest BCUT2D eigenvalue weighted by Gasteiger charge is 2.33. The molecule has 0 saturated carbocycles. The van der Waals surface area contributed by atoms with Crippen molar-refractivity contribution in [2.24, 2.45) is 0 Å². The zero-order valence-corrected chi connectivity index (χ0v) is 14.8. The molecule has 1 unspecified atom stereocenters. The Kier molecular flexibility index (Phi) is 4.28. The molecule has 3 nitrogen and oxygen atoms in total. The number of amides is 1. The average molecular weight is 349 g/mol. The minimum absolute atomic E-state index is 0.0476. The van der Waals surface area contributed by atoms with E-state index < -0.39 is 0 Å². The Bertz CT molecular complexity index is 870. The average Bonchev–Trinajstić information content (AvgIpc) is 3.16. The van der Waals surface area contributed by atoms with Gasteiger partial charge in [0.25, 0.3) is 5.91 Å². The monoisotopic (exact) mass is 349 g/mol. The van der Waals surface area contributed by atoms with Gasteiger partial charge in [-0.15, -0.1) is 11.3 Å². The van der Waals surface area contributed by atoms with Crippen molar-refractivity contribution in [2.75, 3.05) is 13.7 Å². The molecule has 1 atom stereocenters. The van der Waals surface area contributed by atoms with Crippen molar-refractivity contribution in [3.63, 3.8) is 0 Å². The van der Waals surface area contributed by atoms with Gasteiger partial charge in [-0.3, -0.25) is 4.79 Å². The smallest absolute Gasteiger partial charge is 0.254 e. The van der Waals surface area contributed by atoms with Gasteiger partial charge in [-0.2, -0.15) is 0 Å². The molecule has 0 saturated heterocycles. The fourth-order valence-electron chi connectivity index (χ4n) is 3.43. The van der Waals surface area contributed by atoms with Crippen LogP contribution in [-0.4, -0.2) is 24.5 Å². The van der Waals surface area contributed by atoms with E-state index in [9.17, 15) is 4.79 Å². The van der Waals surface area contributed by atoms with Gasteiger partial charge in [0, 0.05) is 17.0 Å². The van der Waals surface area contributed by atoms with Crippen LogP contribution in [0.5, 0.6) is 5.75 Å². The van der Waals surface area contributed by atoms with Gasteiger partial charge in [0.15, 0.2) is 0 Å². The third kappa shape index (κ3) is 2.94. The van der Waals surface area contributed by atoms with Gasteiger partial charge >= 0.3 is 0 Å². The van der Waals surface area contributed by atoms with Gasteiger partial charge in [-0.05, 0) is 53.3 Å². The van der Waals surface area contributed by atoms with Crippen LogP contribution in [0.25, 0.3) is 0 Å². The fourth-order valence-corrected chi connectivity index (χ4v) is 4.33. The predicted octanol–water partition coefficient (Wildman–Crippen LogP) is 4.54. The first kappa shape index (κ1) is 15.9. The fraction of sp³-hybridized carbons (Fsp3) is 0.190. The molecule has 0 bridgehead atoms. The van der Waals surface area contributed by atoms with Gasteiger partial charge in [0.1, 0.15) is 5.75 Å². The summed E-state index contributed by atoms with van der Waals surface area (Å²) in [5, 5.41) is 2.12. The number of ether oxygens (including phenoxy) is 1. The molecule has 1 aliphatic heterocycles. The summed E-state index contributed by atoms with van der Waals surface area (Å²) < 4.78 is 5.28. The second-order valence-electron chi connectivity index (χ2n) is 6.09. The van der Waals surface area contributed by atoms with E-state index in [1.54, 1.807) is 18.4 Å². The molecule has 0 fully saturated rings. The van der Waals surface area contributed by atoms with Crippen LogP contribution < -0.4 is 4.74 Å². The summed E-state index contributed by atoms with van der Waals surface area (Å²) in [5.74, 6) is 0.907. The standard InChI is InChI=1S/C21H19NO2S/c1-24-17-9-7-15(8-10-17)20-18-12-14-25-19(18)11-13-22(20)21(23)16-5-3-2-4-6-16/h2-10,12,14,20H,11,13H2,1H3. The number of rotatable bonds is 3. The normalized spacial score (nSPS) is 16.4. The van der Waals surface area contributed by atoms with Gasteiger partial charge in [0.2, 0.25) is 0 Å². The second kappa shape index (κ2) is 6.73. The lowest BCUT2D eigenvalue weighted by Gasteiger charge is -2.36. The van der Waals surface area contributed by atoms with Gasteiger partial charge in [-0.25, -0.2) is 0 Å². The first-order valence-electron chi connectivity index (χ1n) is 8.34. The maximum Gasteiger partial charge on any atom is 0.254 e. The van der Waals surface area contributed by atoms with Crippen molar-refractivity contribution < 1.29 is 9.53 Å². The third-order valence-corrected chi connectivity index (χ3v) is 5.68. The molecule has 25 heavy (non-hydrogen) atoms. The number of nitrogens with zero attached hydrogens (tertiary/aromatic N) is 1. The minimum Gasteiger partial charge on any atom is -0.497 e. The summed E-state index contributed by atoms with van der Waals surface area (Å²) in [6.45, 7) is 0.734. The first-order chi connectivity index (χ1) is 12.3. The summed E-state index contributed by atoms with van der Waals surface area (Å²) >= 11 is 1.78. The van der Waals surface area contributed by atoms with E-state index >= 15 is 0 Å². The second-order valence-corrected chi connectivity index (χ2v) is 7.09. The molecule has 0 aliphatic carbocycles. The lowest BCUT2D eigenvalue weighted by atomic mass is 9.92. The number of carbonyl (C=O) groups excluding carboxylic acids is 1. The highest BCUT2D eigenvalue weighted by Crippen LogP contribution is 2.38. The summed E-state index contributed by atoms with van der Waals surface area (Å²) in [5.41, 5.74) is 3.09. The van der Waals surface area contributed by atoms with Crippen LogP contribution in [0.15, 0.2) is 66.0 Å². The van der Waals surface area contributed by atoms with Crippen LogP contribution in [0.4, 0.5) is 0 Å². The maximum absolute atomic E-state index is 13.1. The number of methoxy groups -OCH3 is 1. The third-order valence-electron chi connectivity index (χ3n) is 4.68. The Hall–Kier alpha value is -2.59. The number of hydrogen-bond donors (Lipinski definition) is 0. The lowest BCUT2D eigenvalue weighted by molar-refractivity contribution is 0.0696. The minimum atomic E-state index is -0.0476. The van der Waals surface area contributed by atoms with E-state index in [4.69, 9.17) is 4.74 Å². The Morgan fingerprint density at radius 1 is 1.08 bits per heavy atom. The molecular formula is C21H19NO2S. The van der Waals surface area contributed by atoms with Crippen LogP contribution in [0.1, 0.15) is 32.4 Å². The highest BCUT2D eigenvalue weighted by atomic mass is 32.1. The van der Waals surface area contributed by atoms with E-state index in [1.807, 2.05) is 47.4 Å². The molecule has 2 heterocycles. The van der Waals surface area contributed by atoms with Crippen LogP contribution in [-0.2, 0) is 6.42 Å². The van der Waals surface area contributed by atoms with Crippen molar-refractivity contribution in [2.45, 2.75) is 12.5 Å². The summed E-state index contributed by atoms with van der Waals surface area (Å²) in [6.07, 6.45) is 0.915. The molecule has 1 aliphatic rings. The number of carbonyl (C=O) groups is 1. The van der Waals surface area contributed by atoms with E-state index in [2.05, 4.69) is 23.6 Å². The van der Waals surface area contributed by atoms with Crippen molar-refractivity contribution in [1.29, 1.82) is 0 Å². The van der Waals surface area contributed by atoms with E-state index in [0.29, 0.717) is 0 Å². The molecule has 0 radical (unpaired) electrons. The van der Waals surface area contributed by atoms with Crippen molar-refractivity contribution in [3.8, 4) is 5.75 Å². The highest BCUT2D eigenvalue weighted by molar-refractivity contribution is 7.10. The maximum atomic E-state index is 13.1. The molecule has 126 valence electrons. The summed E-state index contributed by atoms with van der Waals surface area (Å²) in [4.78, 5) is 16.5. The van der Waals surface area contributed by atoms with Crippen LogP contribution in [0.3, 0.4) is 0 Å². The Labute approximate surface area is 151 Å². The number of benzene rings is 2. The van der Waals surface area contributed by atoms with E-state index in [-0.39, 0.29) is 11.9 Å². The largest absolute Gasteiger partial charge is 0.497 e. The molecule has 4 rings (SSSR count). The van der Waals surface area contributed by atoms with Gasteiger partial charge in [0.05, 0.1) is 13.2 Å². The van der Waals surface area contributed by atoms with Crippen LogP contribution in [0, 0.1) is 0 Å². The zero-order chi connectivity index (χ0) is 17.2.